The number of esters is 1. The number of alkyl halides is 1. The highest BCUT2D eigenvalue weighted by Crippen LogP contribution is 2.25. The number of carbonyl (C=O) groups excluding carboxylic acids is 1. The highest BCUT2D eigenvalue weighted by Gasteiger charge is 2.25. The molecule has 0 fully saturated rings. The van der Waals surface area contributed by atoms with Crippen LogP contribution < -0.4 is 9.47 Å². The first-order valence-corrected chi connectivity index (χ1v) is 14.7. The van der Waals surface area contributed by atoms with Crippen LogP contribution in [0.1, 0.15) is 111 Å². The normalized spacial score (nSPS) is 12.8. The molecule has 0 aliphatic rings. The fourth-order valence-corrected chi connectivity index (χ4v) is 4.38. The molecule has 0 saturated carbocycles. The van der Waals surface area contributed by atoms with Crippen molar-refractivity contribution < 1.29 is 18.7 Å². The van der Waals surface area contributed by atoms with Crippen LogP contribution in [-0.4, -0.2) is 18.7 Å². The first-order chi connectivity index (χ1) is 18.0. The van der Waals surface area contributed by atoms with Crippen LogP contribution in [0.5, 0.6) is 11.5 Å². The predicted octanol–water partition coefficient (Wildman–Crippen LogP) is 10.1. The molecule has 0 N–H and O–H groups in total. The van der Waals surface area contributed by atoms with E-state index in [1.54, 1.807) is 19.1 Å². The summed E-state index contributed by atoms with van der Waals surface area (Å²) >= 11 is 0. The van der Waals surface area contributed by atoms with Gasteiger partial charge in [0.15, 0.2) is 6.17 Å². The summed E-state index contributed by atoms with van der Waals surface area (Å²) in [6.07, 6.45) is 16.5. The van der Waals surface area contributed by atoms with Crippen molar-refractivity contribution in [1.29, 1.82) is 0 Å². The van der Waals surface area contributed by atoms with Crippen molar-refractivity contribution in [3.63, 3.8) is 0 Å². The van der Waals surface area contributed by atoms with Gasteiger partial charge in [-0.3, -0.25) is 0 Å². The molecule has 0 aliphatic carbocycles. The SMILES string of the molecule is CCCCCCCCCCCCCCCOc1ccc(-c2ccc(OC(=O)C(F)C(C)CC)cc2)cc1. The van der Waals surface area contributed by atoms with Crippen molar-refractivity contribution >= 4 is 5.97 Å². The summed E-state index contributed by atoms with van der Waals surface area (Å²) in [4.78, 5) is 11.9. The van der Waals surface area contributed by atoms with Gasteiger partial charge in [-0.1, -0.05) is 129 Å². The van der Waals surface area contributed by atoms with Crippen LogP contribution in [0.15, 0.2) is 48.5 Å². The van der Waals surface area contributed by atoms with Gasteiger partial charge in [0, 0.05) is 0 Å². The highest BCUT2D eigenvalue weighted by atomic mass is 19.1. The van der Waals surface area contributed by atoms with E-state index < -0.39 is 12.1 Å². The third-order valence-corrected chi connectivity index (χ3v) is 7.15. The van der Waals surface area contributed by atoms with Crippen LogP contribution in [0.4, 0.5) is 4.39 Å². The van der Waals surface area contributed by atoms with Gasteiger partial charge in [0.1, 0.15) is 11.5 Å². The van der Waals surface area contributed by atoms with Crippen LogP contribution in [0, 0.1) is 5.92 Å². The van der Waals surface area contributed by atoms with E-state index in [-0.39, 0.29) is 5.92 Å². The first kappa shape index (κ1) is 30.9. The topological polar surface area (TPSA) is 35.5 Å². The average molecular weight is 513 g/mol. The Balaban J connectivity index is 1.57. The molecule has 0 saturated heterocycles. The molecule has 0 radical (unpaired) electrons. The third kappa shape index (κ3) is 12.6. The Kier molecular flexibility index (Phi) is 15.7. The minimum absolute atomic E-state index is 0.350. The van der Waals surface area contributed by atoms with Crippen molar-refractivity contribution in [3.05, 3.63) is 48.5 Å². The molecule has 3 nitrogen and oxygen atoms in total. The molecule has 2 aromatic carbocycles. The van der Waals surface area contributed by atoms with Gasteiger partial charge >= 0.3 is 5.97 Å². The lowest BCUT2D eigenvalue weighted by molar-refractivity contribution is -0.141. The van der Waals surface area contributed by atoms with Crippen molar-refractivity contribution in [2.24, 2.45) is 5.92 Å². The van der Waals surface area contributed by atoms with Crippen LogP contribution >= 0.6 is 0 Å². The molecule has 206 valence electrons. The van der Waals surface area contributed by atoms with Crippen molar-refractivity contribution in [3.8, 4) is 22.6 Å². The Morgan fingerprint density at radius 1 is 0.676 bits per heavy atom. The molecule has 4 heteroatoms. The maximum absolute atomic E-state index is 14.0. The van der Waals surface area contributed by atoms with Gasteiger partial charge < -0.3 is 9.47 Å². The number of hydrogen-bond donors (Lipinski definition) is 0. The number of benzene rings is 2. The minimum atomic E-state index is -1.60. The second-order valence-electron chi connectivity index (χ2n) is 10.3. The van der Waals surface area contributed by atoms with Crippen LogP contribution in [0.3, 0.4) is 0 Å². The molecular weight excluding hydrogens is 463 g/mol. The van der Waals surface area contributed by atoms with Gasteiger partial charge in [-0.25, -0.2) is 9.18 Å². The lowest BCUT2D eigenvalue weighted by Crippen LogP contribution is -2.27. The summed E-state index contributed by atoms with van der Waals surface area (Å²) in [7, 11) is 0. The largest absolute Gasteiger partial charge is 0.494 e. The molecule has 0 aliphatic heterocycles. The van der Waals surface area contributed by atoms with Gasteiger partial charge in [0.2, 0.25) is 0 Å². The Morgan fingerprint density at radius 3 is 1.57 bits per heavy atom. The quantitative estimate of drug-likeness (QED) is 0.101. The highest BCUT2D eigenvalue weighted by molar-refractivity contribution is 5.77. The maximum atomic E-state index is 14.0. The summed E-state index contributed by atoms with van der Waals surface area (Å²) in [6.45, 7) is 6.59. The lowest BCUT2D eigenvalue weighted by atomic mass is 10.0. The third-order valence-electron chi connectivity index (χ3n) is 7.15. The zero-order chi connectivity index (χ0) is 26.7. The van der Waals surface area contributed by atoms with E-state index in [9.17, 15) is 9.18 Å². The van der Waals surface area contributed by atoms with Crippen molar-refractivity contribution in [1.82, 2.24) is 0 Å². The fraction of sp³-hybridized carbons (Fsp3) is 0.606. The van der Waals surface area contributed by atoms with Crippen LogP contribution in [0.2, 0.25) is 0 Å². The minimum Gasteiger partial charge on any atom is -0.494 e. The molecule has 0 aromatic heterocycles. The van der Waals surface area contributed by atoms with Gasteiger partial charge in [-0.05, 0) is 47.7 Å². The number of ether oxygens (including phenoxy) is 2. The van der Waals surface area contributed by atoms with E-state index in [0.29, 0.717) is 12.2 Å². The molecular formula is C33H49FO3. The molecule has 0 spiro atoms. The van der Waals surface area contributed by atoms with Gasteiger partial charge in [0.05, 0.1) is 6.61 Å². The molecule has 37 heavy (non-hydrogen) atoms. The van der Waals surface area contributed by atoms with Gasteiger partial charge in [0.25, 0.3) is 0 Å². The number of rotatable bonds is 20. The molecule has 0 bridgehead atoms. The molecule has 2 atom stereocenters. The number of halogens is 1. The lowest BCUT2D eigenvalue weighted by Gasteiger charge is -2.13. The Morgan fingerprint density at radius 2 is 1.11 bits per heavy atom. The van der Waals surface area contributed by atoms with E-state index in [1.807, 2.05) is 43.3 Å². The van der Waals surface area contributed by atoms with Gasteiger partial charge in [-0.2, -0.15) is 0 Å². The Bertz CT molecular complexity index is 847. The monoisotopic (exact) mass is 512 g/mol. The molecule has 2 aromatic rings. The van der Waals surface area contributed by atoms with E-state index in [1.165, 1.54) is 77.0 Å². The summed E-state index contributed by atoms with van der Waals surface area (Å²) < 4.78 is 25.1. The molecule has 2 unspecified atom stereocenters. The summed E-state index contributed by atoms with van der Waals surface area (Å²) in [5, 5.41) is 0. The van der Waals surface area contributed by atoms with Gasteiger partial charge in [-0.15, -0.1) is 0 Å². The first-order valence-electron chi connectivity index (χ1n) is 14.7. The smallest absolute Gasteiger partial charge is 0.346 e. The maximum Gasteiger partial charge on any atom is 0.346 e. The zero-order valence-electron chi connectivity index (χ0n) is 23.5. The Hall–Kier alpha value is -2.36. The van der Waals surface area contributed by atoms with E-state index in [2.05, 4.69) is 6.92 Å². The number of hydrogen-bond acceptors (Lipinski definition) is 3. The number of carbonyl (C=O) groups is 1. The predicted molar refractivity (Wildman–Crippen MR) is 153 cm³/mol. The van der Waals surface area contributed by atoms with E-state index in [4.69, 9.17) is 9.47 Å². The second kappa shape index (κ2) is 18.8. The average Bonchev–Trinajstić information content (AvgIpc) is 2.93. The van der Waals surface area contributed by atoms with Crippen molar-refractivity contribution in [2.75, 3.05) is 6.61 Å². The number of unbranched alkanes of at least 4 members (excludes halogenated alkanes) is 12. The Labute approximate surface area is 225 Å². The molecule has 0 amide bonds. The zero-order valence-corrected chi connectivity index (χ0v) is 23.5. The molecule has 0 heterocycles. The van der Waals surface area contributed by atoms with E-state index >= 15 is 0 Å². The fourth-order valence-electron chi connectivity index (χ4n) is 4.38. The summed E-state index contributed by atoms with van der Waals surface area (Å²) in [5.74, 6) is 0.0638. The standard InChI is InChI=1S/C33H49FO3/c1-4-6-7-8-9-10-11-12-13-14-15-16-17-26-36-30-22-18-28(19-23-30)29-20-24-31(25-21-29)37-33(35)32(34)27(3)5-2/h18-25,27,32H,4-17,26H2,1-3H3. The van der Waals surface area contributed by atoms with E-state index in [0.717, 1.165) is 29.9 Å². The summed E-state index contributed by atoms with van der Waals surface area (Å²) in [5.41, 5.74) is 2.05. The van der Waals surface area contributed by atoms with Crippen LogP contribution in [0.25, 0.3) is 11.1 Å². The second-order valence-corrected chi connectivity index (χ2v) is 10.3. The van der Waals surface area contributed by atoms with Crippen LogP contribution in [-0.2, 0) is 4.79 Å². The summed E-state index contributed by atoms with van der Waals surface area (Å²) in [6, 6.07) is 15.2. The van der Waals surface area contributed by atoms with Crippen molar-refractivity contribution in [2.45, 2.75) is 117 Å². The molecule has 2 rings (SSSR count).